The molecule has 3 amide bonds. The first-order chi connectivity index (χ1) is 17.0. The van der Waals surface area contributed by atoms with E-state index in [4.69, 9.17) is 4.74 Å². The Morgan fingerprint density at radius 1 is 1.14 bits per heavy atom. The van der Waals surface area contributed by atoms with E-state index in [-0.39, 0.29) is 69.9 Å². The molecule has 0 aromatic carbocycles. The standard InChI is InChI=1S/C24H24N4O5S2/c29-14(27-4-6-33-7-5-27)10-28-22(30)17-12-8-13(18(17)23(28)31)19-16(12)15(11-2-1-3-25-9-11)20-21(34-19)26-24(32)35-20/h1-3,9,12-13,15-19H,4-8,10H2,(H,26,32). The molecule has 0 radical (unpaired) electrons. The molecule has 2 aromatic heterocycles. The number of carbonyl (C=O) groups excluding carboxylic acids is 3. The molecule has 5 aliphatic rings. The van der Waals surface area contributed by atoms with Crippen LogP contribution in [0.25, 0.3) is 0 Å². The Balaban J connectivity index is 1.22. The maximum Gasteiger partial charge on any atom is 0.305 e. The molecule has 4 fully saturated rings. The van der Waals surface area contributed by atoms with Crippen molar-refractivity contribution in [2.24, 2.45) is 29.6 Å². The van der Waals surface area contributed by atoms with Crippen LogP contribution in [0.5, 0.6) is 0 Å². The summed E-state index contributed by atoms with van der Waals surface area (Å²) < 4.78 is 5.32. The van der Waals surface area contributed by atoms with E-state index < -0.39 is 0 Å². The van der Waals surface area contributed by atoms with Gasteiger partial charge in [-0.3, -0.25) is 29.1 Å². The van der Waals surface area contributed by atoms with Crippen LogP contribution in [0.4, 0.5) is 0 Å². The Labute approximate surface area is 209 Å². The topological polar surface area (TPSA) is 113 Å². The number of aromatic amines is 1. The minimum absolute atomic E-state index is 0.0308. The number of nitrogens with one attached hydrogen (secondary N) is 1. The lowest BCUT2D eigenvalue weighted by atomic mass is 9.68. The number of morpholine rings is 1. The molecule has 1 N–H and O–H groups in total. The number of pyridine rings is 1. The molecule has 2 aromatic rings. The fraction of sp³-hybridized carbons (Fsp3) is 0.542. The third-order valence-electron chi connectivity index (χ3n) is 8.52. The number of amides is 3. The summed E-state index contributed by atoms with van der Waals surface area (Å²) in [6, 6.07) is 3.94. The summed E-state index contributed by atoms with van der Waals surface area (Å²) in [5.41, 5.74) is 1.04. The number of thioether (sulfide) groups is 1. The Morgan fingerprint density at radius 3 is 2.66 bits per heavy atom. The highest BCUT2D eigenvalue weighted by molar-refractivity contribution is 8.00. The van der Waals surface area contributed by atoms with Gasteiger partial charge in [-0.1, -0.05) is 17.4 Å². The normalized spacial score (nSPS) is 35.3. The van der Waals surface area contributed by atoms with Gasteiger partial charge in [0.05, 0.1) is 30.1 Å². The summed E-state index contributed by atoms with van der Waals surface area (Å²) in [6.07, 6.45) is 4.42. The second-order valence-electron chi connectivity index (χ2n) is 10.0. The average Bonchev–Trinajstić information content (AvgIpc) is 3.61. The number of H-pyrrole nitrogens is 1. The minimum atomic E-state index is -0.386. The van der Waals surface area contributed by atoms with Crippen molar-refractivity contribution < 1.29 is 19.1 Å². The van der Waals surface area contributed by atoms with E-state index in [1.165, 1.54) is 16.2 Å². The van der Waals surface area contributed by atoms with Gasteiger partial charge in [-0.15, -0.1) is 11.8 Å². The second kappa shape index (κ2) is 8.01. The summed E-state index contributed by atoms with van der Waals surface area (Å²) in [5.74, 6) is -1.15. The summed E-state index contributed by atoms with van der Waals surface area (Å²) in [6.45, 7) is 1.75. The van der Waals surface area contributed by atoms with Crippen LogP contribution in [0.1, 0.15) is 22.8 Å². The molecule has 7 atom stereocenters. The van der Waals surface area contributed by atoms with E-state index in [0.29, 0.717) is 26.3 Å². The minimum Gasteiger partial charge on any atom is -0.378 e. The number of ether oxygens (including phenoxy) is 1. The van der Waals surface area contributed by atoms with Crippen LogP contribution >= 0.6 is 23.1 Å². The molecule has 5 heterocycles. The Hall–Kier alpha value is -2.50. The third kappa shape index (κ3) is 3.14. The number of hydrogen-bond acceptors (Lipinski definition) is 8. The number of aromatic nitrogens is 2. The monoisotopic (exact) mass is 512 g/mol. The molecule has 182 valence electrons. The number of imide groups is 1. The lowest BCUT2D eigenvalue weighted by Gasteiger charge is -2.42. The maximum absolute atomic E-state index is 13.6. The molecule has 2 saturated heterocycles. The van der Waals surface area contributed by atoms with Gasteiger partial charge >= 0.3 is 4.87 Å². The molecular formula is C24H24N4O5S2. The van der Waals surface area contributed by atoms with Crippen LogP contribution in [-0.4, -0.2) is 75.6 Å². The predicted octanol–water partition coefficient (Wildman–Crippen LogP) is 1.16. The first-order valence-electron chi connectivity index (χ1n) is 12.0. The van der Waals surface area contributed by atoms with Gasteiger partial charge in [-0.25, -0.2) is 0 Å². The van der Waals surface area contributed by atoms with Gasteiger partial charge in [0.25, 0.3) is 0 Å². The maximum atomic E-state index is 13.6. The summed E-state index contributed by atoms with van der Waals surface area (Å²) in [7, 11) is 0. The zero-order chi connectivity index (χ0) is 23.8. The fourth-order valence-corrected chi connectivity index (χ4v) is 10.1. The third-order valence-corrected chi connectivity index (χ3v) is 11.1. The lowest BCUT2D eigenvalue weighted by molar-refractivity contribution is -0.148. The molecule has 2 bridgehead atoms. The number of rotatable bonds is 3. The predicted molar refractivity (Wildman–Crippen MR) is 127 cm³/mol. The first-order valence-corrected chi connectivity index (χ1v) is 13.7. The number of nitrogens with zero attached hydrogens (tertiary/aromatic N) is 3. The molecule has 2 saturated carbocycles. The summed E-state index contributed by atoms with van der Waals surface area (Å²) in [5, 5.41) is 1.02. The van der Waals surface area contributed by atoms with Crippen molar-refractivity contribution in [3.63, 3.8) is 0 Å². The zero-order valence-corrected chi connectivity index (χ0v) is 20.4. The average molecular weight is 513 g/mol. The quantitative estimate of drug-likeness (QED) is 0.614. The summed E-state index contributed by atoms with van der Waals surface area (Å²) >= 11 is 2.90. The SMILES string of the molecule is O=C(CN1C(=O)C2C3CC(C2C1=O)C1C(c2cccnc2)c2sc(=O)[nH]c2SC31)N1CCOCC1. The van der Waals surface area contributed by atoms with Gasteiger partial charge in [0.2, 0.25) is 17.7 Å². The first kappa shape index (κ1) is 21.8. The van der Waals surface area contributed by atoms with Gasteiger partial charge in [0, 0.05) is 41.5 Å². The van der Waals surface area contributed by atoms with Crippen LogP contribution in [0.2, 0.25) is 0 Å². The Bertz CT molecular complexity index is 1270. The number of fused-ring (bicyclic) bond motifs is 9. The van der Waals surface area contributed by atoms with Crippen molar-refractivity contribution in [2.75, 3.05) is 32.8 Å². The van der Waals surface area contributed by atoms with Gasteiger partial charge in [-0.2, -0.15) is 0 Å². The van der Waals surface area contributed by atoms with Gasteiger partial charge in [-0.05, 0) is 35.8 Å². The van der Waals surface area contributed by atoms with Crippen LogP contribution in [0.3, 0.4) is 0 Å². The van der Waals surface area contributed by atoms with Crippen molar-refractivity contribution >= 4 is 40.8 Å². The largest absolute Gasteiger partial charge is 0.378 e. The van der Waals surface area contributed by atoms with E-state index in [2.05, 4.69) is 9.97 Å². The Morgan fingerprint density at radius 2 is 1.91 bits per heavy atom. The molecule has 7 unspecified atom stereocenters. The van der Waals surface area contributed by atoms with Crippen LogP contribution in [0, 0.1) is 29.6 Å². The molecular weight excluding hydrogens is 488 g/mol. The smallest absolute Gasteiger partial charge is 0.305 e. The fourth-order valence-electron chi connectivity index (χ4n) is 7.22. The van der Waals surface area contributed by atoms with Crippen molar-refractivity contribution in [3.8, 4) is 0 Å². The lowest BCUT2D eigenvalue weighted by Crippen LogP contribution is -2.47. The Kier molecular flexibility index (Phi) is 4.98. The highest BCUT2D eigenvalue weighted by Crippen LogP contribution is 2.68. The molecule has 0 spiro atoms. The molecule has 3 aliphatic heterocycles. The van der Waals surface area contributed by atoms with Gasteiger partial charge in [0.15, 0.2) is 0 Å². The number of carbonyl (C=O) groups is 3. The number of thiazole rings is 1. The van der Waals surface area contributed by atoms with Crippen molar-refractivity contribution in [3.05, 3.63) is 44.6 Å². The van der Waals surface area contributed by atoms with E-state index in [0.717, 1.165) is 21.9 Å². The zero-order valence-electron chi connectivity index (χ0n) is 18.8. The van der Waals surface area contributed by atoms with Gasteiger partial charge in [0.1, 0.15) is 6.54 Å². The summed E-state index contributed by atoms with van der Waals surface area (Å²) in [4.78, 5) is 63.4. The van der Waals surface area contributed by atoms with E-state index in [1.54, 1.807) is 22.9 Å². The number of likely N-dealkylation sites (tertiary alicyclic amines) is 1. The van der Waals surface area contributed by atoms with E-state index in [1.807, 2.05) is 18.3 Å². The van der Waals surface area contributed by atoms with Crippen molar-refractivity contribution in [1.29, 1.82) is 0 Å². The molecule has 35 heavy (non-hydrogen) atoms. The van der Waals surface area contributed by atoms with Crippen molar-refractivity contribution in [2.45, 2.75) is 22.6 Å². The highest BCUT2D eigenvalue weighted by Gasteiger charge is 2.69. The molecule has 11 heteroatoms. The highest BCUT2D eigenvalue weighted by atomic mass is 32.2. The van der Waals surface area contributed by atoms with Crippen LogP contribution in [0.15, 0.2) is 34.3 Å². The van der Waals surface area contributed by atoms with Crippen LogP contribution < -0.4 is 4.87 Å². The van der Waals surface area contributed by atoms with Crippen LogP contribution in [-0.2, 0) is 19.1 Å². The molecule has 7 rings (SSSR count). The second-order valence-corrected chi connectivity index (χ2v) is 12.2. The van der Waals surface area contributed by atoms with Crippen molar-refractivity contribution in [1.82, 2.24) is 19.8 Å². The number of hydrogen-bond donors (Lipinski definition) is 1. The van der Waals surface area contributed by atoms with Gasteiger partial charge < -0.3 is 14.6 Å². The molecule has 2 aliphatic carbocycles. The van der Waals surface area contributed by atoms with E-state index in [9.17, 15) is 19.2 Å². The molecule has 9 nitrogen and oxygen atoms in total. The van der Waals surface area contributed by atoms with E-state index >= 15 is 0 Å².